The number of fused-ring (bicyclic) bond motifs is 1. The number of carbonyl (C=O) groups excluding carboxylic acids is 1. The standard InChI is InChI=1S/C9H9N3O2S2/c1-2-14-8(13)5-15-9-12-6-3-10-11-4-7(6)16-9/h3-4H,2,5H2,1H3. The summed E-state index contributed by atoms with van der Waals surface area (Å²) in [6, 6.07) is 0. The van der Waals surface area contributed by atoms with E-state index in [1.54, 1.807) is 19.3 Å². The summed E-state index contributed by atoms with van der Waals surface area (Å²) >= 11 is 2.87. The molecular weight excluding hydrogens is 246 g/mol. The third-order valence-electron chi connectivity index (χ3n) is 1.70. The average Bonchev–Trinajstić information content (AvgIpc) is 2.69. The second kappa shape index (κ2) is 5.22. The van der Waals surface area contributed by atoms with E-state index >= 15 is 0 Å². The normalized spacial score (nSPS) is 10.6. The number of carbonyl (C=O) groups is 1. The molecule has 0 radical (unpaired) electrons. The summed E-state index contributed by atoms with van der Waals surface area (Å²) in [4.78, 5) is 15.5. The Labute approximate surface area is 100 Å². The number of rotatable bonds is 4. The molecule has 0 aliphatic heterocycles. The molecule has 84 valence electrons. The first-order chi connectivity index (χ1) is 7.79. The Kier molecular flexibility index (Phi) is 3.68. The van der Waals surface area contributed by atoms with E-state index in [0.717, 1.165) is 14.6 Å². The first-order valence-electron chi connectivity index (χ1n) is 4.65. The van der Waals surface area contributed by atoms with Gasteiger partial charge in [-0.2, -0.15) is 10.2 Å². The van der Waals surface area contributed by atoms with E-state index < -0.39 is 0 Å². The van der Waals surface area contributed by atoms with E-state index in [9.17, 15) is 4.79 Å². The lowest BCUT2D eigenvalue weighted by Gasteiger charge is -1.98. The molecule has 16 heavy (non-hydrogen) atoms. The largest absolute Gasteiger partial charge is 0.465 e. The molecule has 0 saturated carbocycles. The molecule has 0 aliphatic carbocycles. The highest BCUT2D eigenvalue weighted by molar-refractivity contribution is 8.01. The minimum atomic E-state index is -0.219. The molecule has 0 saturated heterocycles. The molecule has 0 N–H and O–H groups in total. The van der Waals surface area contributed by atoms with Crippen molar-refractivity contribution in [3.05, 3.63) is 12.4 Å². The van der Waals surface area contributed by atoms with Gasteiger partial charge in [-0.15, -0.1) is 11.3 Å². The molecule has 0 bridgehead atoms. The van der Waals surface area contributed by atoms with Crippen LogP contribution < -0.4 is 0 Å². The predicted octanol–water partition coefficient (Wildman–Crippen LogP) is 1.74. The maximum atomic E-state index is 11.1. The van der Waals surface area contributed by atoms with Crippen molar-refractivity contribution in [2.24, 2.45) is 0 Å². The van der Waals surface area contributed by atoms with Gasteiger partial charge in [0.1, 0.15) is 5.52 Å². The lowest BCUT2D eigenvalue weighted by atomic mass is 10.5. The number of thiazole rings is 1. The summed E-state index contributed by atoms with van der Waals surface area (Å²) in [6.07, 6.45) is 3.28. The Morgan fingerprint density at radius 1 is 1.50 bits per heavy atom. The highest BCUT2D eigenvalue weighted by Crippen LogP contribution is 2.28. The molecule has 2 aromatic heterocycles. The number of thioether (sulfide) groups is 1. The summed E-state index contributed by atoms with van der Waals surface area (Å²) in [7, 11) is 0. The monoisotopic (exact) mass is 255 g/mol. The van der Waals surface area contributed by atoms with E-state index in [0.29, 0.717) is 6.61 Å². The Hall–Kier alpha value is -1.21. The van der Waals surface area contributed by atoms with Gasteiger partial charge in [0.15, 0.2) is 4.34 Å². The van der Waals surface area contributed by atoms with Gasteiger partial charge in [0, 0.05) is 0 Å². The average molecular weight is 255 g/mol. The van der Waals surface area contributed by atoms with Crippen LogP contribution in [0.4, 0.5) is 0 Å². The van der Waals surface area contributed by atoms with Gasteiger partial charge in [-0.05, 0) is 6.92 Å². The van der Waals surface area contributed by atoms with Crippen LogP contribution in [-0.4, -0.2) is 33.5 Å². The Morgan fingerprint density at radius 2 is 2.31 bits per heavy atom. The minimum absolute atomic E-state index is 0.219. The van der Waals surface area contributed by atoms with E-state index in [4.69, 9.17) is 4.74 Å². The van der Waals surface area contributed by atoms with Crippen LogP contribution in [-0.2, 0) is 9.53 Å². The van der Waals surface area contributed by atoms with Gasteiger partial charge >= 0.3 is 5.97 Å². The van der Waals surface area contributed by atoms with Gasteiger partial charge in [-0.1, -0.05) is 11.8 Å². The lowest BCUT2D eigenvalue weighted by Crippen LogP contribution is -2.06. The van der Waals surface area contributed by atoms with Crippen molar-refractivity contribution in [2.45, 2.75) is 11.3 Å². The summed E-state index contributed by atoms with van der Waals surface area (Å²) < 4.78 is 6.63. The molecule has 0 spiro atoms. The molecule has 0 atom stereocenters. The molecule has 2 aromatic rings. The van der Waals surface area contributed by atoms with Crippen LogP contribution >= 0.6 is 23.1 Å². The van der Waals surface area contributed by atoms with Gasteiger partial charge in [0.2, 0.25) is 0 Å². The molecule has 2 rings (SSSR count). The smallest absolute Gasteiger partial charge is 0.316 e. The first-order valence-corrected chi connectivity index (χ1v) is 6.45. The number of aromatic nitrogens is 3. The molecular formula is C9H9N3O2S2. The molecule has 0 unspecified atom stereocenters. The van der Waals surface area contributed by atoms with Crippen LogP contribution in [0.15, 0.2) is 16.7 Å². The highest BCUT2D eigenvalue weighted by atomic mass is 32.2. The topological polar surface area (TPSA) is 65.0 Å². The maximum absolute atomic E-state index is 11.1. The van der Waals surface area contributed by atoms with Crippen molar-refractivity contribution in [1.82, 2.24) is 15.2 Å². The molecule has 0 amide bonds. The summed E-state index contributed by atoms with van der Waals surface area (Å²) in [5.41, 5.74) is 0.811. The van der Waals surface area contributed by atoms with Crippen molar-refractivity contribution < 1.29 is 9.53 Å². The fourth-order valence-electron chi connectivity index (χ4n) is 1.07. The molecule has 5 nitrogen and oxygen atoms in total. The molecule has 0 aromatic carbocycles. The van der Waals surface area contributed by atoms with Gasteiger partial charge in [0.05, 0.1) is 29.5 Å². The van der Waals surface area contributed by atoms with Crippen LogP contribution in [0.2, 0.25) is 0 Å². The molecule has 2 heterocycles. The first kappa shape index (κ1) is 11.3. The Balaban J connectivity index is 2.02. The van der Waals surface area contributed by atoms with Crippen molar-refractivity contribution >= 4 is 39.3 Å². The number of hydrogen-bond acceptors (Lipinski definition) is 7. The van der Waals surface area contributed by atoms with Crippen LogP contribution in [0.25, 0.3) is 10.2 Å². The number of hydrogen-bond donors (Lipinski definition) is 0. The zero-order valence-electron chi connectivity index (χ0n) is 8.54. The van der Waals surface area contributed by atoms with Crippen LogP contribution in [0, 0.1) is 0 Å². The highest BCUT2D eigenvalue weighted by Gasteiger charge is 2.08. The molecule has 0 fully saturated rings. The summed E-state index contributed by atoms with van der Waals surface area (Å²) in [6.45, 7) is 2.20. The minimum Gasteiger partial charge on any atom is -0.465 e. The predicted molar refractivity (Wildman–Crippen MR) is 62.6 cm³/mol. The fourth-order valence-corrected chi connectivity index (χ4v) is 2.87. The van der Waals surface area contributed by atoms with Gasteiger partial charge in [-0.3, -0.25) is 4.79 Å². The van der Waals surface area contributed by atoms with Gasteiger partial charge in [-0.25, -0.2) is 4.98 Å². The zero-order valence-corrected chi connectivity index (χ0v) is 10.2. The lowest BCUT2D eigenvalue weighted by molar-refractivity contribution is -0.139. The van der Waals surface area contributed by atoms with Crippen molar-refractivity contribution in [2.75, 3.05) is 12.4 Å². The summed E-state index contributed by atoms with van der Waals surface area (Å²) in [5, 5.41) is 7.51. The second-order valence-corrected chi connectivity index (χ2v) is 5.07. The van der Waals surface area contributed by atoms with E-state index in [1.807, 2.05) is 0 Å². The zero-order chi connectivity index (χ0) is 11.4. The van der Waals surface area contributed by atoms with Crippen molar-refractivity contribution in [3.8, 4) is 0 Å². The van der Waals surface area contributed by atoms with Crippen LogP contribution in [0.3, 0.4) is 0 Å². The van der Waals surface area contributed by atoms with E-state index in [1.165, 1.54) is 23.1 Å². The number of esters is 1. The summed E-state index contributed by atoms with van der Waals surface area (Å²) in [5.74, 6) is 0.0668. The SMILES string of the molecule is CCOC(=O)CSc1nc2cnncc2s1. The van der Waals surface area contributed by atoms with Gasteiger partial charge < -0.3 is 4.74 Å². The third kappa shape index (κ3) is 2.67. The Bertz CT molecular complexity index is 467. The second-order valence-electron chi connectivity index (χ2n) is 2.81. The maximum Gasteiger partial charge on any atom is 0.316 e. The van der Waals surface area contributed by atoms with Crippen LogP contribution in [0.1, 0.15) is 6.92 Å². The third-order valence-corrected chi connectivity index (χ3v) is 3.82. The fraction of sp³-hybridized carbons (Fsp3) is 0.333. The van der Waals surface area contributed by atoms with Gasteiger partial charge in [0.25, 0.3) is 0 Å². The van der Waals surface area contributed by atoms with E-state index in [2.05, 4.69) is 15.2 Å². The van der Waals surface area contributed by atoms with E-state index in [-0.39, 0.29) is 11.7 Å². The van der Waals surface area contributed by atoms with Crippen molar-refractivity contribution in [3.63, 3.8) is 0 Å². The number of nitrogens with zero attached hydrogens (tertiary/aromatic N) is 3. The molecule has 0 aliphatic rings. The van der Waals surface area contributed by atoms with Crippen molar-refractivity contribution in [1.29, 1.82) is 0 Å². The molecule has 7 heteroatoms. The van der Waals surface area contributed by atoms with Crippen LogP contribution in [0.5, 0.6) is 0 Å². The Morgan fingerprint density at radius 3 is 3.06 bits per heavy atom. The quantitative estimate of drug-likeness (QED) is 0.612. The number of ether oxygens (including phenoxy) is 1.